The predicted molar refractivity (Wildman–Crippen MR) is 56.6 cm³/mol. The van der Waals surface area contributed by atoms with Crippen LogP contribution in [0.25, 0.3) is 0 Å². The van der Waals surface area contributed by atoms with E-state index in [1.165, 1.54) is 11.1 Å². The van der Waals surface area contributed by atoms with Gasteiger partial charge in [0.2, 0.25) is 0 Å². The van der Waals surface area contributed by atoms with E-state index in [9.17, 15) is 0 Å². The Morgan fingerprint density at radius 1 is 1.42 bits per heavy atom. The van der Waals surface area contributed by atoms with Gasteiger partial charge in [-0.25, -0.2) is 0 Å². The van der Waals surface area contributed by atoms with Gasteiger partial charge in [-0.2, -0.15) is 0 Å². The van der Waals surface area contributed by atoms with E-state index in [-0.39, 0.29) is 18.4 Å². The van der Waals surface area contributed by atoms with E-state index in [0.717, 1.165) is 17.3 Å². The summed E-state index contributed by atoms with van der Waals surface area (Å²) < 4.78 is 1.13. The second kappa shape index (κ2) is 3.77. The zero-order valence-corrected chi connectivity index (χ0v) is 8.99. The average molecular weight is 249 g/mol. The van der Waals surface area contributed by atoms with Gasteiger partial charge in [0, 0.05) is 10.5 Å². The van der Waals surface area contributed by atoms with Crippen molar-refractivity contribution in [2.24, 2.45) is 5.73 Å². The van der Waals surface area contributed by atoms with Gasteiger partial charge in [0.1, 0.15) is 0 Å². The van der Waals surface area contributed by atoms with Gasteiger partial charge < -0.3 is 5.73 Å². The topological polar surface area (TPSA) is 26.0 Å². The highest BCUT2D eigenvalue weighted by Crippen LogP contribution is 2.30. The van der Waals surface area contributed by atoms with E-state index in [1.807, 2.05) is 0 Å². The van der Waals surface area contributed by atoms with Gasteiger partial charge in [-0.1, -0.05) is 22.0 Å². The van der Waals surface area contributed by atoms with E-state index >= 15 is 0 Å². The Bertz CT molecular complexity index is 288. The van der Waals surface area contributed by atoms with Crippen LogP contribution in [0.2, 0.25) is 0 Å². The molecule has 0 amide bonds. The lowest BCUT2D eigenvalue weighted by Gasteiger charge is -2.03. The van der Waals surface area contributed by atoms with Crippen LogP contribution in [-0.4, -0.2) is 0 Å². The van der Waals surface area contributed by atoms with Gasteiger partial charge in [-0.05, 0) is 36.1 Å². The van der Waals surface area contributed by atoms with Crippen molar-refractivity contribution in [2.45, 2.75) is 18.9 Å². The number of aryl methyl sites for hydroxylation is 1. The van der Waals surface area contributed by atoms with Crippen LogP contribution in [0, 0.1) is 0 Å². The maximum Gasteiger partial charge on any atom is 0.0301 e. The van der Waals surface area contributed by atoms with Gasteiger partial charge in [-0.3, -0.25) is 0 Å². The molecule has 3 heteroatoms. The number of hydrogen-bond acceptors (Lipinski definition) is 1. The van der Waals surface area contributed by atoms with Gasteiger partial charge in [0.05, 0.1) is 0 Å². The summed E-state index contributed by atoms with van der Waals surface area (Å²) in [7, 11) is 0. The molecule has 1 aliphatic rings. The van der Waals surface area contributed by atoms with E-state index in [1.54, 1.807) is 0 Å². The van der Waals surface area contributed by atoms with E-state index in [4.69, 9.17) is 5.73 Å². The molecule has 0 radical (unpaired) electrons. The van der Waals surface area contributed by atoms with Crippen LogP contribution in [0.15, 0.2) is 22.7 Å². The van der Waals surface area contributed by atoms with Crippen molar-refractivity contribution in [3.8, 4) is 0 Å². The van der Waals surface area contributed by atoms with E-state index < -0.39 is 0 Å². The molecule has 0 saturated heterocycles. The Labute approximate surface area is 86.9 Å². The smallest absolute Gasteiger partial charge is 0.0301 e. The number of rotatable bonds is 0. The first-order chi connectivity index (χ1) is 5.27. The summed E-state index contributed by atoms with van der Waals surface area (Å²) in [5, 5.41) is 0. The first kappa shape index (κ1) is 10.0. The molecule has 1 aliphatic carbocycles. The van der Waals surface area contributed by atoms with Gasteiger partial charge in [0.15, 0.2) is 0 Å². The summed E-state index contributed by atoms with van der Waals surface area (Å²) in [5.74, 6) is 0. The maximum absolute atomic E-state index is 5.89. The second-order valence-electron chi connectivity index (χ2n) is 2.99. The minimum atomic E-state index is 0. The largest absolute Gasteiger partial charge is 0.324 e. The van der Waals surface area contributed by atoms with Gasteiger partial charge in [-0.15, -0.1) is 12.4 Å². The highest BCUT2D eigenvalue weighted by molar-refractivity contribution is 9.10. The minimum absolute atomic E-state index is 0. The van der Waals surface area contributed by atoms with Gasteiger partial charge in [0.25, 0.3) is 0 Å². The third-order valence-electron chi connectivity index (χ3n) is 2.23. The van der Waals surface area contributed by atoms with Crippen LogP contribution in [0.5, 0.6) is 0 Å². The standard InChI is InChI=1S/C9H10BrN.ClH/c10-7-3-1-6-2-4-9(11)8(6)5-7;/h1,3,5,9H,2,4,11H2;1H. The molecular formula is C9H11BrClN. The molecule has 66 valence electrons. The van der Waals surface area contributed by atoms with Crippen LogP contribution in [0.1, 0.15) is 23.6 Å². The van der Waals surface area contributed by atoms with Crippen molar-refractivity contribution in [3.63, 3.8) is 0 Å². The first-order valence-electron chi connectivity index (χ1n) is 3.81. The van der Waals surface area contributed by atoms with Crippen molar-refractivity contribution in [1.29, 1.82) is 0 Å². The summed E-state index contributed by atoms with van der Waals surface area (Å²) >= 11 is 3.44. The zero-order valence-electron chi connectivity index (χ0n) is 6.59. The fourth-order valence-corrected chi connectivity index (χ4v) is 1.98. The minimum Gasteiger partial charge on any atom is -0.324 e. The first-order valence-corrected chi connectivity index (χ1v) is 4.60. The summed E-state index contributed by atoms with van der Waals surface area (Å²) in [6.07, 6.45) is 2.25. The Balaban J connectivity index is 0.000000720. The number of fused-ring (bicyclic) bond motifs is 1. The highest BCUT2D eigenvalue weighted by Gasteiger charge is 2.18. The lowest BCUT2D eigenvalue weighted by atomic mass is 10.1. The average Bonchev–Trinajstić information content (AvgIpc) is 2.33. The fraction of sp³-hybridized carbons (Fsp3) is 0.333. The SMILES string of the molecule is Cl.NC1CCc2ccc(Br)cc21. The van der Waals surface area contributed by atoms with Crippen molar-refractivity contribution < 1.29 is 0 Å². The molecule has 0 saturated carbocycles. The Hall–Kier alpha value is -0.0500. The molecule has 1 nitrogen and oxygen atoms in total. The Kier molecular flexibility index (Phi) is 3.16. The third kappa shape index (κ3) is 1.65. The molecule has 1 aromatic rings. The number of benzene rings is 1. The predicted octanol–water partition coefficient (Wildman–Crippen LogP) is 2.82. The van der Waals surface area contributed by atoms with Crippen molar-refractivity contribution in [2.75, 3.05) is 0 Å². The number of halogens is 2. The monoisotopic (exact) mass is 247 g/mol. The lowest BCUT2D eigenvalue weighted by Crippen LogP contribution is -2.04. The third-order valence-corrected chi connectivity index (χ3v) is 2.73. The van der Waals surface area contributed by atoms with Crippen LogP contribution in [0.3, 0.4) is 0 Å². The summed E-state index contributed by atoms with van der Waals surface area (Å²) in [5.41, 5.74) is 8.63. The fourth-order valence-electron chi connectivity index (χ4n) is 1.61. The molecule has 0 fully saturated rings. The molecule has 12 heavy (non-hydrogen) atoms. The molecular weight excluding hydrogens is 237 g/mol. The molecule has 1 aromatic carbocycles. The summed E-state index contributed by atoms with van der Waals surface area (Å²) in [6.45, 7) is 0. The van der Waals surface area contributed by atoms with Crippen LogP contribution >= 0.6 is 28.3 Å². The van der Waals surface area contributed by atoms with E-state index in [2.05, 4.69) is 34.1 Å². The molecule has 0 aromatic heterocycles. The normalized spacial score (nSPS) is 20.0. The second-order valence-corrected chi connectivity index (χ2v) is 3.90. The van der Waals surface area contributed by atoms with Crippen LogP contribution < -0.4 is 5.73 Å². The van der Waals surface area contributed by atoms with Crippen molar-refractivity contribution >= 4 is 28.3 Å². The molecule has 1 atom stereocenters. The number of nitrogens with two attached hydrogens (primary N) is 1. The molecule has 0 heterocycles. The molecule has 1 unspecified atom stereocenters. The molecule has 2 rings (SSSR count). The van der Waals surface area contributed by atoms with Crippen molar-refractivity contribution in [1.82, 2.24) is 0 Å². The van der Waals surface area contributed by atoms with Crippen LogP contribution in [-0.2, 0) is 6.42 Å². The van der Waals surface area contributed by atoms with Gasteiger partial charge >= 0.3 is 0 Å². The molecule has 0 aliphatic heterocycles. The molecule has 0 spiro atoms. The zero-order chi connectivity index (χ0) is 7.84. The molecule has 0 bridgehead atoms. The highest BCUT2D eigenvalue weighted by atomic mass is 79.9. The maximum atomic E-state index is 5.89. The number of hydrogen-bond donors (Lipinski definition) is 1. The lowest BCUT2D eigenvalue weighted by molar-refractivity contribution is 0.713. The summed E-state index contributed by atoms with van der Waals surface area (Å²) in [4.78, 5) is 0. The van der Waals surface area contributed by atoms with Crippen LogP contribution in [0.4, 0.5) is 0 Å². The Morgan fingerprint density at radius 3 is 2.92 bits per heavy atom. The Morgan fingerprint density at radius 2 is 2.17 bits per heavy atom. The summed E-state index contributed by atoms with van der Waals surface area (Å²) in [6, 6.07) is 6.64. The quantitative estimate of drug-likeness (QED) is 0.751. The van der Waals surface area contributed by atoms with Crippen molar-refractivity contribution in [3.05, 3.63) is 33.8 Å². The van der Waals surface area contributed by atoms with E-state index in [0.29, 0.717) is 0 Å². The molecule has 2 N–H and O–H groups in total.